The molecule has 0 atom stereocenters. The summed E-state index contributed by atoms with van der Waals surface area (Å²) in [5.74, 6) is 2.55. The van der Waals surface area contributed by atoms with Crippen molar-refractivity contribution in [3.05, 3.63) is 59.7 Å². The number of ether oxygens (including phenoxy) is 1. The minimum absolute atomic E-state index is 0. The van der Waals surface area contributed by atoms with Crippen molar-refractivity contribution in [2.75, 3.05) is 19.6 Å². The van der Waals surface area contributed by atoms with E-state index in [0.717, 1.165) is 55.5 Å². The van der Waals surface area contributed by atoms with Gasteiger partial charge in [-0.25, -0.2) is 4.99 Å². The van der Waals surface area contributed by atoms with Gasteiger partial charge in [0.05, 0.1) is 12.6 Å². The second-order valence-electron chi connectivity index (χ2n) is 6.91. The average molecular weight is 495 g/mol. The van der Waals surface area contributed by atoms with Gasteiger partial charge in [-0.3, -0.25) is 0 Å². The SMILES string of the molecule is CCNC(=NCc1ccccc1Oc1ccc(C)cc1)N1CCC(O)CC1.I. The fourth-order valence-corrected chi connectivity index (χ4v) is 3.13. The van der Waals surface area contributed by atoms with Crippen LogP contribution in [0.2, 0.25) is 0 Å². The number of hydrogen-bond acceptors (Lipinski definition) is 3. The Morgan fingerprint density at radius 3 is 2.50 bits per heavy atom. The maximum Gasteiger partial charge on any atom is 0.194 e. The van der Waals surface area contributed by atoms with Crippen molar-refractivity contribution in [3.8, 4) is 11.5 Å². The van der Waals surface area contributed by atoms with Gasteiger partial charge in [0, 0.05) is 25.2 Å². The number of hydrogen-bond donors (Lipinski definition) is 2. The van der Waals surface area contributed by atoms with Crippen LogP contribution in [0.5, 0.6) is 11.5 Å². The minimum Gasteiger partial charge on any atom is -0.457 e. The summed E-state index contributed by atoms with van der Waals surface area (Å²) >= 11 is 0. The number of aliphatic hydroxyl groups excluding tert-OH is 1. The third-order valence-electron chi connectivity index (χ3n) is 4.72. The highest BCUT2D eigenvalue weighted by atomic mass is 127. The molecule has 2 aromatic rings. The van der Waals surface area contributed by atoms with Gasteiger partial charge in [0.2, 0.25) is 0 Å². The van der Waals surface area contributed by atoms with E-state index < -0.39 is 0 Å². The Hall–Kier alpha value is -1.80. The van der Waals surface area contributed by atoms with E-state index in [1.165, 1.54) is 5.56 Å². The predicted octanol–water partition coefficient (Wildman–Crippen LogP) is 4.33. The molecule has 1 heterocycles. The lowest BCUT2D eigenvalue weighted by Crippen LogP contribution is -2.46. The number of aliphatic imine (C=N–C) groups is 1. The van der Waals surface area contributed by atoms with Crippen LogP contribution in [0, 0.1) is 6.92 Å². The molecule has 152 valence electrons. The lowest BCUT2D eigenvalue weighted by atomic mass is 10.1. The Kier molecular flexibility index (Phi) is 9.05. The van der Waals surface area contributed by atoms with Gasteiger partial charge in [-0.2, -0.15) is 0 Å². The van der Waals surface area contributed by atoms with Crippen LogP contribution in [0.25, 0.3) is 0 Å². The van der Waals surface area contributed by atoms with E-state index in [9.17, 15) is 5.11 Å². The molecule has 0 radical (unpaired) electrons. The van der Waals surface area contributed by atoms with Crippen molar-refractivity contribution >= 4 is 29.9 Å². The average Bonchev–Trinajstić information content (AvgIpc) is 2.69. The Labute approximate surface area is 184 Å². The summed E-state index contributed by atoms with van der Waals surface area (Å²) in [4.78, 5) is 7.04. The molecule has 1 aliphatic heterocycles. The van der Waals surface area contributed by atoms with Crippen LogP contribution in [0.3, 0.4) is 0 Å². The number of aliphatic hydroxyl groups is 1. The van der Waals surface area contributed by atoms with Crippen molar-refractivity contribution in [1.82, 2.24) is 10.2 Å². The number of nitrogens with zero attached hydrogens (tertiary/aromatic N) is 2. The van der Waals surface area contributed by atoms with E-state index in [2.05, 4.69) is 30.1 Å². The van der Waals surface area contributed by atoms with E-state index >= 15 is 0 Å². The molecule has 0 aliphatic carbocycles. The third kappa shape index (κ3) is 6.38. The molecule has 6 heteroatoms. The molecule has 2 aromatic carbocycles. The number of para-hydroxylation sites is 1. The van der Waals surface area contributed by atoms with Gasteiger partial charge in [-0.05, 0) is 44.9 Å². The lowest BCUT2D eigenvalue weighted by molar-refractivity contribution is 0.108. The van der Waals surface area contributed by atoms with Crippen LogP contribution in [-0.4, -0.2) is 41.7 Å². The zero-order chi connectivity index (χ0) is 19.1. The van der Waals surface area contributed by atoms with Crippen molar-refractivity contribution in [2.24, 2.45) is 4.99 Å². The number of piperidine rings is 1. The molecular weight excluding hydrogens is 465 g/mol. The van der Waals surface area contributed by atoms with E-state index in [-0.39, 0.29) is 30.1 Å². The van der Waals surface area contributed by atoms with Crippen LogP contribution in [0.4, 0.5) is 0 Å². The zero-order valence-electron chi connectivity index (χ0n) is 16.6. The number of aryl methyl sites for hydroxylation is 1. The third-order valence-corrected chi connectivity index (χ3v) is 4.72. The highest BCUT2D eigenvalue weighted by Crippen LogP contribution is 2.26. The molecule has 1 aliphatic rings. The second kappa shape index (κ2) is 11.3. The summed E-state index contributed by atoms with van der Waals surface area (Å²) < 4.78 is 6.08. The predicted molar refractivity (Wildman–Crippen MR) is 125 cm³/mol. The van der Waals surface area contributed by atoms with E-state index in [1.807, 2.05) is 42.5 Å². The summed E-state index contributed by atoms with van der Waals surface area (Å²) in [5, 5.41) is 13.1. The van der Waals surface area contributed by atoms with E-state index in [1.54, 1.807) is 0 Å². The first kappa shape index (κ1) is 22.5. The Balaban J connectivity index is 0.00000280. The van der Waals surface area contributed by atoms with Gasteiger partial charge in [-0.1, -0.05) is 35.9 Å². The first-order valence-electron chi connectivity index (χ1n) is 9.69. The number of guanidine groups is 1. The highest BCUT2D eigenvalue weighted by molar-refractivity contribution is 14.0. The fraction of sp³-hybridized carbons (Fsp3) is 0.409. The van der Waals surface area contributed by atoms with E-state index in [0.29, 0.717) is 6.54 Å². The summed E-state index contributed by atoms with van der Waals surface area (Å²) in [6.45, 7) is 7.16. The molecule has 0 spiro atoms. The molecule has 0 aromatic heterocycles. The van der Waals surface area contributed by atoms with Gasteiger partial charge in [0.15, 0.2) is 5.96 Å². The number of nitrogens with one attached hydrogen (secondary N) is 1. The quantitative estimate of drug-likeness (QED) is 0.369. The molecule has 3 rings (SSSR count). The van der Waals surface area contributed by atoms with Gasteiger partial charge >= 0.3 is 0 Å². The summed E-state index contributed by atoms with van der Waals surface area (Å²) in [6, 6.07) is 16.1. The van der Waals surface area contributed by atoms with E-state index in [4.69, 9.17) is 9.73 Å². The molecule has 0 unspecified atom stereocenters. The largest absolute Gasteiger partial charge is 0.457 e. The maximum absolute atomic E-state index is 9.74. The van der Waals surface area contributed by atoms with Crippen LogP contribution in [0.1, 0.15) is 30.9 Å². The molecule has 5 nitrogen and oxygen atoms in total. The van der Waals surface area contributed by atoms with Crippen molar-refractivity contribution in [2.45, 2.75) is 39.3 Å². The first-order chi connectivity index (χ1) is 13.2. The fourth-order valence-electron chi connectivity index (χ4n) is 3.13. The molecule has 0 amide bonds. The highest BCUT2D eigenvalue weighted by Gasteiger charge is 2.19. The molecule has 0 bridgehead atoms. The number of halogens is 1. The standard InChI is InChI=1S/C22H29N3O2.HI/c1-3-23-22(25-14-12-19(26)13-15-25)24-16-18-6-4-5-7-21(18)27-20-10-8-17(2)9-11-20;/h4-11,19,26H,3,12-16H2,1-2H3,(H,23,24);1H. The Bertz CT molecular complexity index is 757. The van der Waals surface area contributed by atoms with Crippen LogP contribution in [-0.2, 0) is 6.54 Å². The number of rotatable bonds is 5. The molecule has 0 saturated carbocycles. The van der Waals surface area contributed by atoms with Crippen LogP contribution >= 0.6 is 24.0 Å². The number of likely N-dealkylation sites (tertiary alicyclic amines) is 1. The monoisotopic (exact) mass is 495 g/mol. The smallest absolute Gasteiger partial charge is 0.194 e. The maximum atomic E-state index is 9.74. The molecular formula is C22H30IN3O2. The zero-order valence-corrected chi connectivity index (χ0v) is 18.9. The van der Waals surface area contributed by atoms with Crippen molar-refractivity contribution in [3.63, 3.8) is 0 Å². The van der Waals surface area contributed by atoms with Gasteiger partial charge in [0.25, 0.3) is 0 Å². The first-order valence-corrected chi connectivity index (χ1v) is 9.69. The summed E-state index contributed by atoms with van der Waals surface area (Å²) in [7, 11) is 0. The minimum atomic E-state index is -0.187. The second-order valence-corrected chi connectivity index (χ2v) is 6.91. The Morgan fingerprint density at radius 2 is 1.82 bits per heavy atom. The Morgan fingerprint density at radius 1 is 1.14 bits per heavy atom. The van der Waals surface area contributed by atoms with Crippen LogP contribution < -0.4 is 10.1 Å². The molecule has 1 saturated heterocycles. The molecule has 28 heavy (non-hydrogen) atoms. The van der Waals surface area contributed by atoms with Gasteiger partial charge in [-0.15, -0.1) is 24.0 Å². The summed E-state index contributed by atoms with van der Waals surface area (Å²) in [6.07, 6.45) is 1.39. The topological polar surface area (TPSA) is 57.1 Å². The summed E-state index contributed by atoms with van der Waals surface area (Å²) in [5.41, 5.74) is 2.26. The van der Waals surface area contributed by atoms with Crippen molar-refractivity contribution < 1.29 is 9.84 Å². The van der Waals surface area contributed by atoms with Gasteiger partial charge < -0.3 is 20.1 Å². The molecule has 2 N–H and O–H groups in total. The van der Waals surface area contributed by atoms with Crippen molar-refractivity contribution in [1.29, 1.82) is 0 Å². The van der Waals surface area contributed by atoms with Crippen LogP contribution in [0.15, 0.2) is 53.5 Å². The van der Waals surface area contributed by atoms with Gasteiger partial charge in [0.1, 0.15) is 11.5 Å². The number of benzene rings is 2. The molecule has 1 fully saturated rings. The lowest BCUT2D eigenvalue weighted by Gasteiger charge is -2.32. The normalized spacial score (nSPS) is 15.1.